The molecule has 1 amide bonds. The van der Waals surface area contributed by atoms with Gasteiger partial charge < -0.3 is 24.1 Å². The standard InChI is InChI=1S/C20H23N2O5P/c1-25-28(24,26-2)19(12-16-13-21-18-11-7-6-10-17(16)18)22-20(23)27-14-15-8-4-3-5-9-15/h3-11,13,19,21H,12,14H2,1-2H3,(H,22,23). The molecule has 28 heavy (non-hydrogen) atoms. The minimum atomic E-state index is -3.59. The lowest BCUT2D eigenvalue weighted by Gasteiger charge is -2.25. The maximum Gasteiger partial charge on any atom is 0.408 e. The summed E-state index contributed by atoms with van der Waals surface area (Å²) in [6.07, 6.45) is 1.39. The third-order valence-electron chi connectivity index (χ3n) is 4.48. The van der Waals surface area contributed by atoms with Crippen LogP contribution in [0.4, 0.5) is 4.79 Å². The predicted molar refractivity (Wildman–Crippen MR) is 107 cm³/mol. The third-order valence-corrected chi connectivity index (χ3v) is 6.57. The Morgan fingerprint density at radius 1 is 1.07 bits per heavy atom. The van der Waals surface area contributed by atoms with Gasteiger partial charge in [-0.1, -0.05) is 48.5 Å². The molecule has 1 atom stereocenters. The van der Waals surface area contributed by atoms with Crippen molar-refractivity contribution in [3.8, 4) is 0 Å². The van der Waals surface area contributed by atoms with Gasteiger partial charge in [-0.15, -0.1) is 0 Å². The van der Waals surface area contributed by atoms with Crippen LogP contribution < -0.4 is 5.32 Å². The average molecular weight is 402 g/mol. The maximum absolute atomic E-state index is 13.0. The van der Waals surface area contributed by atoms with Gasteiger partial charge in [0.25, 0.3) is 0 Å². The van der Waals surface area contributed by atoms with E-state index in [4.69, 9.17) is 13.8 Å². The Labute approximate surface area is 163 Å². The molecule has 1 heterocycles. The van der Waals surface area contributed by atoms with Crippen molar-refractivity contribution < 1.29 is 23.1 Å². The first-order valence-corrected chi connectivity index (χ1v) is 10.4. The van der Waals surface area contributed by atoms with Gasteiger partial charge >= 0.3 is 13.7 Å². The molecule has 0 saturated heterocycles. The lowest BCUT2D eigenvalue weighted by atomic mass is 10.1. The number of hydrogen-bond donors (Lipinski definition) is 2. The van der Waals surface area contributed by atoms with Crippen molar-refractivity contribution in [2.24, 2.45) is 0 Å². The number of nitrogens with one attached hydrogen (secondary N) is 2. The zero-order valence-electron chi connectivity index (χ0n) is 15.8. The molecule has 148 valence electrons. The lowest BCUT2D eigenvalue weighted by molar-refractivity contribution is 0.136. The minimum absolute atomic E-state index is 0.108. The molecule has 7 nitrogen and oxygen atoms in total. The molecule has 2 N–H and O–H groups in total. The fourth-order valence-electron chi connectivity index (χ4n) is 2.98. The van der Waals surface area contributed by atoms with Crippen LogP contribution in [-0.2, 0) is 31.4 Å². The molecule has 3 aromatic rings. The van der Waals surface area contributed by atoms with Crippen molar-refractivity contribution >= 4 is 24.6 Å². The van der Waals surface area contributed by atoms with Crippen LogP contribution in [-0.4, -0.2) is 31.1 Å². The van der Waals surface area contributed by atoms with Crippen LogP contribution in [0.3, 0.4) is 0 Å². The molecule has 1 aromatic heterocycles. The highest BCUT2D eigenvalue weighted by atomic mass is 31.2. The fraction of sp³-hybridized carbons (Fsp3) is 0.250. The van der Waals surface area contributed by atoms with Gasteiger partial charge in [0.1, 0.15) is 12.4 Å². The van der Waals surface area contributed by atoms with E-state index in [0.29, 0.717) is 0 Å². The van der Waals surface area contributed by atoms with E-state index in [2.05, 4.69) is 10.3 Å². The molecule has 2 aromatic carbocycles. The van der Waals surface area contributed by atoms with E-state index in [0.717, 1.165) is 22.0 Å². The van der Waals surface area contributed by atoms with Crippen molar-refractivity contribution in [2.75, 3.05) is 14.2 Å². The van der Waals surface area contributed by atoms with Crippen LogP contribution >= 0.6 is 7.60 Å². The van der Waals surface area contributed by atoms with E-state index in [-0.39, 0.29) is 13.0 Å². The molecule has 0 aliphatic heterocycles. The molecule has 0 spiro atoms. The molecule has 0 saturated carbocycles. The van der Waals surface area contributed by atoms with Crippen molar-refractivity contribution in [3.63, 3.8) is 0 Å². The Morgan fingerprint density at radius 2 is 1.75 bits per heavy atom. The first kappa shape index (κ1) is 20.1. The smallest absolute Gasteiger partial charge is 0.408 e. The summed E-state index contributed by atoms with van der Waals surface area (Å²) in [6, 6.07) is 17.1. The van der Waals surface area contributed by atoms with E-state index < -0.39 is 19.5 Å². The molecule has 1 unspecified atom stereocenters. The molecule has 0 aliphatic rings. The SMILES string of the molecule is COP(=O)(OC)C(Cc1c[nH]c2ccccc12)NC(=O)OCc1ccccc1. The van der Waals surface area contributed by atoms with Gasteiger partial charge in [0, 0.05) is 37.7 Å². The number of alkyl carbamates (subject to hydrolysis) is 1. The van der Waals surface area contributed by atoms with Crippen molar-refractivity contribution in [1.29, 1.82) is 0 Å². The molecule has 0 bridgehead atoms. The highest BCUT2D eigenvalue weighted by molar-refractivity contribution is 7.54. The van der Waals surface area contributed by atoms with Gasteiger partial charge in [0.15, 0.2) is 0 Å². The number of carbonyl (C=O) groups excluding carboxylic acids is 1. The van der Waals surface area contributed by atoms with Crippen molar-refractivity contribution in [3.05, 3.63) is 71.9 Å². The quantitative estimate of drug-likeness (QED) is 0.544. The number of aromatic nitrogens is 1. The van der Waals surface area contributed by atoms with E-state index >= 15 is 0 Å². The topological polar surface area (TPSA) is 89.7 Å². The van der Waals surface area contributed by atoms with Gasteiger partial charge in [-0.2, -0.15) is 0 Å². The van der Waals surface area contributed by atoms with Crippen LogP contribution in [0.15, 0.2) is 60.8 Å². The molecular weight excluding hydrogens is 379 g/mol. The number of hydrogen-bond acceptors (Lipinski definition) is 5. The summed E-state index contributed by atoms with van der Waals surface area (Å²) in [5.74, 6) is -0.898. The van der Waals surface area contributed by atoms with Crippen LogP contribution in [0, 0.1) is 0 Å². The summed E-state index contributed by atoms with van der Waals surface area (Å²) in [4.78, 5) is 15.5. The molecule has 8 heteroatoms. The summed E-state index contributed by atoms with van der Waals surface area (Å²) < 4.78 is 28.5. The second-order valence-electron chi connectivity index (χ2n) is 6.19. The van der Waals surface area contributed by atoms with Crippen LogP contribution in [0.5, 0.6) is 0 Å². The van der Waals surface area contributed by atoms with Gasteiger partial charge in [-0.3, -0.25) is 4.57 Å². The summed E-state index contributed by atoms with van der Waals surface area (Å²) in [6.45, 7) is 0.108. The predicted octanol–water partition coefficient (Wildman–Crippen LogP) is 4.45. The Kier molecular flexibility index (Phi) is 6.52. The number of benzene rings is 2. The number of aromatic amines is 1. The van der Waals surface area contributed by atoms with E-state index in [1.165, 1.54) is 14.2 Å². The normalized spacial score (nSPS) is 12.6. The van der Waals surface area contributed by atoms with Crippen LogP contribution in [0.1, 0.15) is 11.1 Å². The van der Waals surface area contributed by atoms with Gasteiger partial charge in [0.05, 0.1) is 0 Å². The number of ether oxygens (including phenoxy) is 1. The second-order valence-corrected chi connectivity index (χ2v) is 8.62. The molecular formula is C20H23N2O5P. The fourth-order valence-corrected chi connectivity index (χ4v) is 4.32. The second kappa shape index (κ2) is 9.06. The highest BCUT2D eigenvalue weighted by Crippen LogP contribution is 2.51. The monoisotopic (exact) mass is 402 g/mol. The van der Waals surface area contributed by atoms with Gasteiger partial charge in [-0.05, 0) is 17.2 Å². The zero-order chi connectivity index (χ0) is 20.0. The first-order valence-electron chi connectivity index (χ1n) is 8.79. The largest absolute Gasteiger partial charge is 0.445 e. The molecule has 0 radical (unpaired) electrons. The Bertz CT molecular complexity index is 965. The van der Waals surface area contributed by atoms with Crippen LogP contribution in [0.2, 0.25) is 0 Å². The highest BCUT2D eigenvalue weighted by Gasteiger charge is 2.36. The minimum Gasteiger partial charge on any atom is -0.445 e. The Morgan fingerprint density at radius 3 is 2.46 bits per heavy atom. The van der Waals surface area contributed by atoms with E-state index in [1.807, 2.05) is 60.8 Å². The number of para-hydroxylation sites is 1. The molecule has 0 aliphatic carbocycles. The zero-order valence-corrected chi connectivity index (χ0v) is 16.6. The number of H-pyrrole nitrogens is 1. The average Bonchev–Trinajstić information content (AvgIpc) is 3.15. The summed E-state index contributed by atoms with van der Waals surface area (Å²) in [5, 5.41) is 3.62. The molecule has 3 rings (SSSR count). The van der Waals surface area contributed by atoms with Gasteiger partial charge in [0.2, 0.25) is 0 Å². The first-order chi connectivity index (χ1) is 13.6. The third kappa shape index (κ3) is 4.62. The van der Waals surface area contributed by atoms with Crippen LogP contribution in [0.25, 0.3) is 10.9 Å². The maximum atomic E-state index is 13.0. The Hall–Kier alpha value is -2.60. The van der Waals surface area contributed by atoms with Crippen molar-refractivity contribution in [1.82, 2.24) is 10.3 Å². The number of rotatable bonds is 8. The number of amides is 1. The number of fused-ring (bicyclic) bond motifs is 1. The molecule has 0 fully saturated rings. The summed E-state index contributed by atoms with van der Waals surface area (Å²) in [7, 11) is -0.995. The van der Waals surface area contributed by atoms with E-state index in [9.17, 15) is 9.36 Å². The summed E-state index contributed by atoms with van der Waals surface area (Å²) >= 11 is 0. The Balaban J connectivity index is 1.75. The van der Waals surface area contributed by atoms with Crippen molar-refractivity contribution in [2.45, 2.75) is 18.8 Å². The van der Waals surface area contributed by atoms with E-state index in [1.54, 1.807) is 0 Å². The number of carbonyl (C=O) groups is 1. The van der Waals surface area contributed by atoms with Gasteiger partial charge in [-0.25, -0.2) is 4.79 Å². The lowest BCUT2D eigenvalue weighted by Crippen LogP contribution is -2.37. The summed E-state index contributed by atoms with van der Waals surface area (Å²) in [5.41, 5.74) is 2.69.